The van der Waals surface area contributed by atoms with Crippen LogP contribution in [0.15, 0.2) is 18.2 Å². The second-order valence-corrected chi connectivity index (χ2v) is 5.55. The average Bonchev–Trinajstić information content (AvgIpc) is 2.07. The summed E-state index contributed by atoms with van der Waals surface area (Å²) in [5.41, 5.74) is 0.601. The fraction of sp³-hybridized carbons (Fsp3) is 0.538. The third kappa shape index (κ3) is 1.94. The molecule has 0 saturated heterocycles. The van der Waals surface area contributed by atoms with Gasteiger partial charge in [-0.05, 0) is 16.9 Å². The van der Waals surface area contributed by atoms with E-state index in [0.717, 1.165) is 5.56 Å². The molecule has 0 unspecified atom stereocenters. The summed E-state index contributed by atoms with van der Waals surface area (Å²) < 4.78 is 0. The van der Waals surface area contributed by atoms with Crippen molar-refractivity contribution in [2.45, 2.75) is 40.0 Å². The molecular weight excluding hydrogens is 188 g/mol. The van der Waals surface area contributed by atoms with Gasteiger partial charge in [-0.3, -0.25) is 0 Å². The van der Waals surface area contributed by atoms with Gasteiger partial charge in [0, 0.05) is 5.56 Å². The number of phenolic OH excluding ortho intramolecular Hbond substituents is 2. The Morgan fingerprint density at radius 2 is 1.47 bits per heavy atom. The average molecular weight is 208 g/mol. The molecule has 15 heavy (non-hydrogen) atoms. The molecule has 0 aromatic heterocycles. The minimum absolute atomic E-state index is 0.00238. The SMILES string of the molecule is CC(C)(C)C(C)(C)c1cccc(O)c1O. The Labute approximate surface area is 91.6 Å². The molecular formula is C13H20O2. The maximum absolute atomic E-state index is 9.85. The molecule has 1 aromatic rings. The van der Waals surface area contributed by atoms with E-state index in [9.17, 15) is 10.2 Å². The van der Waals surface area contributed by atoms with Gasteiger partial charge < -0.3 is 10.2 Å². The van der Waals surface area contributed by atoms with Crippen molar-refractivity contribution in [1.82, 2.24) is 0 Å². The highest BCUT2D eigenvalue weighted by Gasteiger charge is 2.36. The molecule has 0 radical (unpaired) electrons. The summed E-state index contributed by atoms with van der Waals surface area (Å²) in [5, 5.41) is 19.3. The molecule has 0 amide bonds. The van der Waals surface area contributed by atoms with Crippen molar-refractivity contribution in [3.05, 3.63) is 23.8 Å². The Kier molecular flexibility index (Phi) is 2.73. The quantitative estimate of drug-likeness (QED) is 0.694. The summed E-state index contributed by atoms with van der Waals surface area (Å²) in [5.74, 6) is -0.0535. The third-order valence-electron chi connectivity index (χ3n) is 3.56. The van der Waals surface area contributed by atoms with Crippen molar-refractivity contribution < 1.29 is 10.2 Å². The molecule has 0 aliphatic heterocycles. The van der Waals surface area contributed by atoms with Gasteiger partial charge in [0.05, 0.1) is 0 Å². The second kappa shape index (κ2) is 3.44. The molecule has 0 aliphatic carbocycles. The molecule has 1 aromatic carbocycles. The Morgan fingerprint density at radius 3 is 1.93 bits per heavy atom. The van der Waals surface area contributed by atoms with E-state index in [1.807, 2.05) is 6.07 Å². The van der Waals surface area contributed by atoms with Crippen LogP contribution in [-0.2, 0) is 5.41 Å². The molecule has 0 fully saturated rings. The van der Waals surface area contributed by atoms with E-state index < -0.39 is 0 Å². The lowest BCUT2D eigenvalue weighted by Crippen LogP contribution is -2.33. The van der Waals surface area contributed by atoms with Crippen LogP contribution in [0, 0.1) is 5.41 Å². The first kappa shape index (κ1) is 11.9. The van der Waals surface area contributed by atoms with Crippen molar-refractivity contribution >= 4 is 0 Å². The Hall–Kier alpha value is -1.18. The lowest BCUT2D eigenvalue weighted by molar-refractivity contribution is 0.218. The molecule has 0 heterocycles. The van der Waals surface area contributed by atoms with Crippen LogP contribution in [0.1, 0.15) is 40.2 Å². The second-order valence-electron chi connectivity index (χ2n) is 5.55. The first-order valence-electron chi connectivity index (χ1n) is 5.19. The number of hydrogen-bond donors (Lipinski definition) is 2. The lowest BCUT2D eigenvalue weighted by Gasteiger charge is -2.39. The van der Waals surface area contributed by atoms with Crippen molar-refractivity contribution in [3.63, 3.8) is 0 Å². The molecule has 0 aliphatic rings. The fourth-order valence-electron chi connectivity index (χ4n) is 1.44. The monoisotopic (exact) mass is 208 g/mol. The van der Waals surface area contributed by atoms with E-state index >= 15 is 0 Å². The highest BCUT2D eigenvalue weighted by Crippen LogP contribution is 2.46. The molecule has 0 saturated carbocycles. The highest BCUT2D eigenvalue weighted by molar-refractivity contribution is 5.48. The number of benzene rings is 1. The topological polar surface area (TPSA) is 40.5 Å². The van der Waals surface area contributed by atoms with Crippen LogP contribution in [0.2, 0.25) is 0 Å². The summed E-state index contributed by atoms with van der Waals surface area (Å²) in [6, 6.07) is 5.12. The minimum Gasteiger partial charge on any atom is -0.504 e. The van der Waals surface area contributed by atoms with Gasteiger partial charge in [0.1, 0.15) is 0 Å². The van der Waals surface area contributed by atoms with Crippen LogP contribution in [0.5, 0.6) is 11.5 Å². The first-order chi connectivity index (χ1) is 6.68. The van der Waals surface area contributed by atoms with Gasteiger partial charge in [-0.25, -0.2) is 0 Å². The third-order valence-corrected chi connectivity index (χ3v) is 3.56. The minimum atomic E-state index is -0.199. The van der Waals surface area contributed by atoms with Crippen LogP contribution >= 0.6 is 0 Å². The van der Waals surface area contributed by atoms with E-state index in [2.05, 4.69) is 34.6 Å². The van der Waals surface area contributed by atoms with Gasteiger partial charge in [0.15, 0.2) is 11.5 Å². The smallest absolute Gasteiger partial charge is 0.161 e. The van der Waals surface area contributed by atoms with E-state index in [-0.39, 0.29) is 22.3 Å². The molecule has 2 heteroatoms. The maximum Gasteiger partial charge on any atom is 0.161 e. The number of aromatic hydroxyl groups is 2. The van der Waals surface area contributed by atoms with E-state index in [1.54, 1.807) is 6.07 Å². The number of para-hydroxylation sites is 1. The Balaban J connectivity index is 3.34. The summed E-state index contributed by atoms with van der Waals surface area (Å²) in [4.78, 5) is 0. The van der Waals surface area contributed by atoms with E-state index in [1.165, 1.54) is 6.07 Å². The zero-order chi connectivity index (χ0) is 11.9. The number of rotatable bonds is 1. The summed E-state index contributed by atoms with van der Waals surface area (Å²) in [7, 11) is 0. The standard InChI is InChI=1S/C13H20O2/c1-12(2,3)13(4,5)9-7-6-8-10(14)11(9)15/h6-8,14-15H,1-5H3. The van der Waals surface area contributed by atoms with Crippen molar-refractivity contribution in [2.75, 3.05) is 0 Å². The lowest BCUT2D eigenvalue weighted by atomic mass is 9.65. The molecule has 84 valence electrons. The summed E-state index contributed by atoms with van der Waals surface area (Å²) >= 11 is 0. The van der Waals surface area contributed by atoms with Crippen molar-refractivity contribution in [1.29, 1.82) is 0 Å². The van der Waals surface area contributed by atoms with Crippen LogP contribution < -0.4 is 0 Å². The van der Waals surface area contributed by atoms with Crippen molar-refractivity contribution in [3.8, 4) is 11.5 Å². The largest absolute Gasteiger partial charge is 0.504 e. The fourth-order valence-corrected chi connectivity index (χ4v) is 1.44. The molecule has 0 spiro atoms. The van der Waals surface area contributed by atoms with E-state index in [4.69, 9.17) is 0 Å². The summed E-state index contributed by atoms with van der Waals surface area (Å²) in [6.45, 7) is 10.5. The van der Waals surface area contributed by atoms with Gasteiger partial charge in [-0.15, -0.1) is 0 Å². The van der Waals surface area contributed by atoms with E-state index in [0.29, 0.717) is 0 Å². The van der Waals surface area contributed by atoms with Crippen molar-refractivity contribution in [2.24, 2.45) is 5.41 Å². The van der Waals surface area contributed by atoms with Crippen LogP contribution in [-0.4, -0.2) is 10.2 Å². The highest BCUT2D eigenvalue weighted by atomic mass is 16.3. The zero-order valence-corrected chi connectivity index (χ0v) is 10.1. The zero-order valence-electron chi connectivity index (χ0n) is 10.1. The van der Waals surface area contributed by atoms with Crippen LogP contribution in [0.4, 0.5) is 0 Å². The number of hydrogen-bond acceptors (Lipinski definition) is 2. The maximum atomic E-state index is 9.85. The molecule has 1 rings (SSSR count). The van der Waals surface area contributed by atoms with Gasteiger partial charge in [-0.1, -0.05) is 46.8 Å². The molecule has 0 atom stereocenters. The van der Waals surface area contributed by atoms with Crippen LogP contribution in [0.3, 0.4) is 0 Å². The Bertz CT molecular complexity index is 359. The summed E-state index contributed by atoms with van der Waals surface area (Å²) in [6.07, 6.45) is 0. The van der Waals surface area contributed by atoms with Gasteiger partial charge >= 0.3 is 0 Å². The van der Waals surface area contributed by atoms with Gasteiger partial charge in [0.2, 0.25) is 0 Å². The first-order valence-corrected chi connectivity index (χ1v) is 5.19. The molecule has 2 nitrogen and oxygen atoms in total. The Morgan fingerprint density at radius 1 is 0.933 bits per heavy atom. The normalized spacial score (nSPS) is 12.9. The van der Waals surface area contributed by atoms with Gasteiger partial charge in [-0.2, -0.15) is 0 Å². The molecule has 2 N–H and O–H groups in total. The van der Waals surface area contributed by atoms with Crippen LogP contribution in [0.25, 0.3) is 0 Å². The van der Waals surface area contributed by atoms with Gasteiger partial charge in [0.25, 0.3) is 0 Å². The predicted octanol–water partition coefficient (Wildman–Crippen LogP) is 3.42. The predicted molar refractivity (Wildman–Crippen MR) is 62.3 cm³/mol. The number of phenols is 2. The molecule has 0 bridgehead atoms.